The third-order valence-corrected chi connectivity index (χ3v) is 11.8. The van der Waals surface area contributed by atoms with Crippen molar-refractivity contribution in [3.63, 3.8) is 0 Å². The summed E-state index contributed by atoms with van der Waals surface area (Å²) < 4.78 is 80.9. The highest BCUT2D eigenvalue weighted by atomic mass is 32.2. The summed E-state index contributed by atoms with van der Waals surface area (Å²) in [4.78, 5) is 26.3. The van der Waals surface area contributed by atoms with Crippen molar-refractivity contribution in [1.82, 2.24) is 29.1 Å². The Labute approximate surface area is 326 Å². The monoisotopic (exact) mass is 809 g/mol. The second-order valence-electron chi connectivity index (χ2n) is 14.0. The number of imidazole rings is 1. The number of aliphatic hydroxyl groups is 2. The lowest BCUT2D eigenvalue weighted by Crippen LogP contribution is -2.45. The summed E-state index contributed by atoms with van der Waals surface area (Å²) >= 11 is 0. The van der Waals surface area contributed by atoms with Crippen molar-refractivity contribution in [2.75, 3.05) is 38.7 Å². The van der Waals surface area contributed by atoms with Crippen LogP contribution in [0.25, 0.3) is 11.2 Å². The van der Waals surface area contributed by atoms with Gasteiger partial charge in [-0.15, -0.1) is 0 Å². The van der Waals surface area contributed by atoms with Crippen LogP contribution in [-0.4, -0.2) is 107 Å². The van der Waals surface area contributed by atoms with Gasteiger partial charge in [0.05, 0.1) is 24.4 Å². The lowest BCUT2D eigenvalue weighted by Gasteiger charge is -2.32. The Hall–Kier alpha value is -4.98. The molecule has 5 aromatic rings. The summed E-state index contributed by atoms with van der Waals surface area (Å²) in [6, 6.07) is 25.9. The van der Waals surface area contributed by atoms with Gasteiger partial charge in [-0.05, 0) is 47.6 Å². The van der Waals surface area contributed by atoms with Crippen LogP contribution in [0.2, 0.25) is 0 Å². The van der Waals surface area contributed by atoms with Gasteiger partial charge in [0.1, 0.15) is 24.1 Å². The Morgan fingerprint density at radius 3 is 2.18 bits per heavy atom. The number of nitrogens with one attached hydrogen (secondary N) is 2. The van der Waals surface area contributed by atoms with Crippen LogP contribution in [0.3, 0.4) is 0 Å². The molecule has 2 fully saturated rings. The Morgan fingerprint density at radius 2 is 1.58 bits per heavy atom. The van der Waals surface area contributed by atoms with Crippen molar-refractivity contribution in [2.45, 2.75) is 66.8 Å². The first-order valence-electron chi connectivity index (χ1n) is 18.4. The summed E-state index contributed by atoms with van der Waals surface area (Å²) in [6.07, 6.45) is -7.41. The lowest BCUT2D eigenvalue weighted by atomic mass is 9.89. The van der Waals surface area contributed by atoms with Crippen molar-refractivity contribution in [3.8, 4) is 0 Å². The quantitative estimate of drug-likeness (QED) is 0.135. The molecule has 2 aliphatic heterocycles. The van der Waals surface area contributed by atoms with Gasteiger partial charge in [0.25, 0.3) is 0 Å². The number of nitrogens with zero attached hydrogens (tertiary/aromatic N) is 5. The lowest BCUT2D eigenvalue weighted by molar-refractivity contribution is -0.186. The number of piperidine rings is 1. The number of aliphatic hydroxyl groups excluding tert-OH is 2. The zero-order valence-corrected chi connectivity index (χ0v) is 31.6. The normalized spacial score (nSPS) is 20.7. The molecular weight excluding hydrogens is 768 g/mol. The molecule has 0 saturated carbocycles. The van der Waals surface area contributed by atoms with Crippen LogP contribution < -0.4 is 10.0 Å². The van der Waals surface area contributed by atoms with Crippen LogP contribution >= 0.6 is 0 Å². The fourth-order valence-corrected chi connectivity index (χ4v) is 8.35. The molecule has 4 N–H and O–H groups in total. The molecule has 0 bridgehead atoms. The summed E-state index contributed by atoms with van der Waals surface area (Å²) in [6.45, 7) is -0.0392. The molecule has 3 aromatic carbocycles. The molecule has 2 saturated heterocycles. The highest BCUT2D eigenvalue weighted by molar-refractivity contribution is 7.89. The number of aromatic nitrogens is 4. The molecule has 0 radical (unpaired) electrons. The van der Waals surface area contributed by atoms with E-state index in [9.17, 15) is 36.6 Å². The number of halogens is 3. The van der Waals surface area contributed by atoms with E-state index in [0.29, 0.717) is 30.7 Å². The van der Waals surface area contributed by atoms with Gasteiger partial charge in [0.15, 0.2) is 23.2 Å². The molecule has 0 spiro atoms. The molecule has 57 heavy (non-hydrogen) atoms. The minimum absolute atomic E-state index is 0.0275. The third-order valence-electron chi connectivity index (χ3n) is 10.4. The van der Waals surface area contributed by atoms with E-state index in [-0.39, 0.29) is 54.4 Å². The smallest absolute Gasteiger partial charge is 0.387 e. The van der Waals surface area contributed by atoms with Crippen LogP contribution in [0.15, 0.2) is 96.2 Å². The van der Waals surface area contributed by atoms with Crippen LogP contribution in [-0.2, 0) is 30.8 Å². The number of benzene rings is 3. The van der Waals surface area contributed by atoms with Crippen molar-refractivity contribution in [3.05, 3.63) is 114 Å². The van der Waals surface area contributed by atoms with E-state index in [0.717, 1.165) is 21.6 Å². The fourth-order valence-electron chi connectivity index (χ4n) is 7.37. The van der Waals surface area contributed by atoms with E-state index in [1.54, 1.807) is 12.1 Å². The van der Waals surface area contributed by atoms with E-state index in [4.69, 9.17) is 9.47 Å². The summed E-state index contributed by atoms with van der Waals surface area (Å²) in [5.41, 5.74) is 3.40. The second-order valence-corrected chi connectivity index (χ2v) is 15.8. The molecule has 7 rings (SSSR count). The minimum Gasteiger partial charge on any atom is -0.387 e. The predicted octanol–water partition coefficient (Wildman–Crippen LogP) is 4.08. The number of carbonyl (C=O) groups is 1. The zero-order valence-electron chi connectivity index (χ0n) is 30.8. The third kappa shape index (κ3) is 8.80. The van der Waals surface area contributed by atoms with Crippen molar-refractivity contribution in [1.29, 1.82) is 0 Å². The van der Waals surface area contributed by atoms with Gasteiger partial charge in [0.2, 0.25) is 10.0 Å². The topological polar surface area (TPSA) is 181 Å². The van der Waals surface area contributed by atoms with E-state index < -0.39 is 46.6 Å². The van der Waals surface area contributed by atoms with Crippen LogP contribution in [0, 0.1) is 0 Å². The Kier molecular flexibility index (Phi) is 11.9. The molecule has 2 aromatic heterocycles. The molecule has 4 unspecified atom stereocenters. The van der Waals surface area contributed by atoms with Crippen molar-refractivity contribution < 1.29 is 46.1 Å². The first-order chi connectivity index (χ1) is 27.3. The first-order valence-corrected chi connectivity index (χ1v) is 19.9. The van der Waals surface area contributed by atoms with Crippen LogP contribution in [0.1, 0.15) is 53.4 Å². The molecule has 4 atom stereocenters. The van der Waals surface area contributed by atoms with Crippen molar-refractivity contribution in [2.24, 2.45) is 0 Å². The largest absolute Gasteiger partial charge is 0.471 e. The van der Waals surface area contributed by atoms with Crippen LogP contribution in [0.5, 0.6) is 0 Å². The minimum atomic E-state index is -4.93. The summed E-state index contributed by atoms with van der Waals surface area (Å²) in [5, 5.41) is 25.0. The average Bonchev–Trinajstić information content (AvgIpc) is 3.77. The number of methoxy groups -OCH3 is 1. The zero-order chi connectivity index (χ0) is 40.3. The SMILES string of the molecule is COCC1OC(n2cnc3c(NCC(c4ccccc4)c4ccccc4)nc(CNS(=O)(=O)c4ccc(C5CCN(C(=O)C(F)(F)F)CC5)cc4)nc32)C(O)C1O. The number of carbonyl (C=O) groups excluding carboxylic acids is 1. The highest BCUT2D eigenvalue weighted by Gasteiger charge is 2.45. The number of sulfonamides is 1. The Morgan fingerprint density at radius 1 is 0.947 bits per heavy atom. The van der Waals surface area contributed by atoms with Gasteiger partial charge in [0, 0.05) is 32.7 Å². The number of hydrogen-bond acceptors (Lipinski definition) is 11. The average molecular weight is 810 g/mol. The first kappa shape index (κ1) is 40.2. The van der Waals surface area contributed by atoms with E-state index in [2.05, 4.69) is 25.0 Å². The van der Waals surface area contributed by atoms with E-state index in [1.165, 1.54) is 30.1 Å². The molecular formula is C39H42F3N7O7S. The van der Waals surface area contributed by atoms with Gasteiger partial charge >= 0.3 is 12.1 Å². The number of hydrogen-bond donors (Lipinski definition) is 4. The summed E-state index contributed by atoms with van der Waals surface area (Å²) in [5.74, 6) is -1.72. The Bertz CT molecular complexity index is 2220. The van der Waals surface area contributed by atoms with Gasteiger partial charge in [-0.1, -0.05) is 72.8 Å². The van der Waals surface area contributed by atoms with E-state index >= 15 is 0 Å². The van der Waals surface area contributed by atoms with Gasteiger partial charge in [-0.25, -0.2) is 28.1 Å². The number of anilines is 1. The number of ether oxygens (including phenoxy) is 2. The van der Waals surface area contributed by atoms with Gasteiger partial charge in [-0.3, -0.25) is 9.36 Å². The number of rotatable bonds is 13. The molecule has 1 amide bonds. The standard InChI is InChI=1S/C39H42F3N7O7S/c1-55-22-30-33(50)34(51)37(56-30)49-23-44-32-35(43-20-29(26-8-4-2-5-9-26)27-10-6-3-7-11-27)46-31(47-36(32)49)21-45-57(53,54)28-14-12-24(13-15-28)25-16-18-48(19-17-25)38(52)39(40,41)42/h2-15,23,25,29-30,33-34,37,45,50-51H,16-22H2,1H3,(H,43,46,47). The highest BCUT2D eigenvalue weighted by Crippen LogP contribution is 2.34. The maximum absolute atomic E-state index is 13.5. The molecule has 18 heteroatoms. The fraction of sp³-hybridized carbons (Fsp3) is 0.385. The molecule has 14 nitrogen and oxygen atoms in total. The van der Waals surface area contributed by atoms with Crippen molar-refractivity contribution >= 4 is 32.9 Å². The van der Waals surface area contributed by atoms with Gasteiger partial charge in [-0.2, -0.15) is 13.2 Å². The second kappa shape index (κ2) is 16.9. The Balaban J connectivity index is 1.13. The predicted molar refractivity (Wildman–Crippen MR) is 201 cm³/mol. The number of likely N-dealkylation sites (tertiary alicyclic amines) is 1. The molecule has 0 aliphatic carbocycles. The van der Waals surface area contributed by atoms with Gasteiger partial charge < -0.3 is 29.9 Å². The summed E-state index contributed by atoms with van der Waals surface area (Å²) in [7, 11) is -2.66. The molecule has 4 heterocycles. The number of alkyl halides is 3. The molecule has 2 aliphatic rings. The maximum atomic E-state index is 13.5. The maximum Gasteiger partial charge on any atom is 0.471 e. The molecule has 302 valence electrons. The van der Waals surface area contributed by atoms with E-state index in [1.807, 2.05) is 60.7 Å². The number of amides is 1. The van der Waals surface area contributed by atoms with Crippen LogP contribution in [0.4, 0.5) is 19.0 Å². The number of fused-ring (bicyclic) bond motifs is 1.